The van der Waals surface area contributed by atoms with E-state index in [-0.39, 0.29) is 12.1 Å². The highest BCUT2D eigenvalue weighted by molar-refractivity contribution is 9.09. The van der Waals surface area contributed by atoms with E-state index < -0.39 is 0 Å². The van der Waals surface area contributed by atoms with Crippen molar-refractivity contribution in [2.45, 2.75) is 29.5 Å². The highest BCUT2D eigenvalue weighted by Crippen LogP contribution is 2.64. The number of benzene rings is 1. The Balaban J connectivity index is 1.46. The van der Waals surface area contributed by atoms with Gasteiger partial charge in [-0.25, -0.2) is 0 Å². The number of ether oxygens (including phenoxy) is 3. The summed E-state index contributed by atoms with van der Waals surface area (Å²) in [6, 6.07) is 6.08. The van der Waals surface area contributed by atoms with Gasteiger partial charge in [0.05, 0.1) is 18.2 Å². The Labute approximate surface area is 143 Å². The second-order valence-electron chi connectivity index (χ2n) is 7.44. The zero-order chi connectivity index (χ0) is 15.3. The summed E-state index contributed by atoms with van der Waals surface area (Å²) in [5.74, 6) is 4.23. The van der Waals surface area contributed by atoms with Crippen LogP contribution in [0.25, 0.3) is 5.57 Å². The minimum Gasteiger partial charge on any atom is -0.454 e. The first-order valence-electron chi connectivity index (χ1n) is 8.39. The summed E-state index contributed by atoms with van der Waals surface area (Å²) in [6.45, 7) is 0.303. The van der Waals surface area contributed by atoms with Crippen LogP contribution in [0.15, 0.2) is 24.3 Å². The maximum Gasteiger partial charge on any atom is 0.231 e. The number of nitrogens with two attached hydrogens (primary N) is 1. The number of rotatable bonds is 1. The average molecular weight is 376 g/mol. The van der Waals surface area contributed by atoms with Gasteiger partial charge in [0.2, 0.25) is 6.79 Å². The Bertz CT molecular complexity index is 735. The van der Waals surface area contributed by atoms with Crippen LogP contribution < -0.4 is 15.2 Å². The SMILES string of the molecule is N[C@@H]1C(c2ccc3c(c2)OCO3)=C[C@H]2[C@@H]3C[C@H]4[C@H](O[C@@H]1[C@@H]24)[C@H]3Br. The van der Waals surface area contributed by atoms with Crippen molar-refractivity contribution in [3.63, 3.8) is 0 Å². The number of fused-ring (bicyclic) bond motifs is 3. The van der Waals surface area contributed by atoms with Crippen molar-refractivity contribution in [1.82, 2.24) is 0 Å². The van der Waals surface area contributed by atoms with Crippen LogP contribution in [0, 0.1) is 23.7 Å². The number of halogens is 1. The summed E-state index contributed by atoms with van der Waals surface area (Å²) in [7, 11) is 0. The van der Waals surface area contributed by atoms with E-state index in [0.717, 1.165) is 17.1 Å². The van der Waals surface area contributed by atoms with Crippen molar-refractivity contribution in [3.05, 3.63) is 29.8 Å². The molecule has 120 valence electrons. The molecule has 2 bridgehead atoms. The fraction of sp³-hybridized carbons (Fsp3) is 0.556. The summed E-state index contributed by atoms with van der Waals surface area (Å²) >= 11 is 3.89. The molecule has 3 aliphatic carbocycles. The molecule has 2 aliphatic heterocycles. The molecular formula is C18H18BrNO3. The van der Waals surface area contributed by atoms with E-state index >= 15 is 0 Å². The molecule has 5 aliphatic rings. The van der Waals surface area contributed by atoms with Gasteiger partial charge in [0.1, 0.15) is 0 Å². The second-order valence-corrected chi connectivity index (χ2v) is 8.50. The Morgan fingerprint density at radius 1 is 1.09 bits per heavy atom. The van der Waals surface area contributed by atoms with Gasteiger partial charge in [0, 0.05) is 4.83 Å². The molecule has 1 aromatic carbocycles. The quantitative estimate of drug-likeness (QED) is 0.766. The minimum absolute atomic E-state index is 0.0549. The third-order valence-corrected chi connectivity index (χ3v) is 7.81. The normalized spacial score (nSPS) is 48.0. The monoisotopic (exact) mass is 375 g/mol. The molecule has 0 radical (unpaired) electrons. The van der Waals surface area contributed by atoms with Gasteiger partial charge >= 0.3 is 0 Å². The number of allylic oxidation sites excluding steroid dienone is 1. The van der Waals surface area contributed by atoms with Crippen LogP contribution in [0.5, 0.6) is 11.5 Å². The van der Waals surface area contributed by atoms with Crippen molar-refractivity contribution in [2.24, 2.45) is 29.4 Å². The van der Waals surface area contributed by atoms with E-state index in [9.17, 15) is 0 Å². The fourth-order valence-corrected chi connectivity index (χ4v) is 6.79. The molecule has 0 amide bonds. The topological polar surface area (TPSA) is 53.7 Å². The summed E-state index contributed by atoms with van der Waals surface area (Å²) in [4.78, 5) is 0.485. The lowest BCUT2D eigenvalue weighted by atomic mass is 9.69. The largest absolute Gasteiger partial charge is 0.454 e. The van der Waals surface area contributed by atoms with Crippen LogP contribution in [0.3, 0.4) is 0 Å². The smallest absolute Gasteiger partial charge is 0.231 e. The maximum atomic E-state index is 6.64. The highest BCUT2D eigenvalue weighted by atomic mass is 79.9. The Morgan fingerprint density at radius 3 is 2.87 bits per heavy atom. The van der Waals surface area contributed by atoms with Crippen molar-refractivity contribution >= 4 is 21.5 Å². The number of hydrogen-bond donors (Lipinski definition) is 1. The molecule has 5 heteroatoms. The number of alkyl halides is 1. The highest BCUT2D eigenvalue weighted by Gasteiger charge is 2.66. The zero-order valence-corrected chi connectivity index (χ0v) is 14.1. The average Bonchev–Trinajstić information content (AvgIpc) is 3.27. The lowest BCUT2D eigenvalue weighted by Gasteiger charge is -2.37. The molecule has 0 aromatic heterocycles. The molecule has 6 rings (SSSR count). The molecule has 0 unspecified atom stereocenters. The van der Waals surface area contributed by atoms with Crippen LogP contribution in [0.1, 0.15) is 12.0 Å². The maximum absolute atomic E-state index is 6.64. The Kier molecular flexibility index (Phi) is 2.49. The van der Waals surface area contributed by atoms with E-state index in [1.807, 2.05) is 6.07 Å². The first-order valence-corrected chi connectivity index (χ1v) is 9.31. The lowest BCUT2D eigenvalue weighted by Crippen LogP contribution is -2.45. The molecule has 2 N–H and O–H groups in total. The molecule has 2 saturated carbocycles. The van der Waals surface area contributed by atoms with Crippen LogP contribution in [-0.2, 0) is 4.74 Å². The second kappa shape index (κ2) is 4.32. The van der Waals surface area contributed by atoms with Gasteiger partial charge in [-0.2, -0.15) is 0 Å². The van der Waals surface area contributed by atoms with Gasteiger partial charge < -0.3 is 19.9 Å². The standard InChI is InChI=1S/C18H18BrNO3/c19-15-10-5-11-14-9(10)4-8(16(20)18(14)23-17(11)15)7-1-2-12-13(3-7)22-6-21-12/h1-4,9-11,14-18H,5-6,20H2/t9-,10-,11+,14-,15-,16+,17-,18+/m0/s1. The van der Waals surface area contributed by atoms with Crippen LogP contribution >= 0.6 is 15.9 Å². The van der Waals surface area contributed by atoms with Crippen molar-refractivity contribution < 1.29 is 14.2 Å². The predicted molar refractivity (Wildman–Crippen MR) is 88.5 cm³/mol. The molecule has 1 saturated heterocycles. The molecule has 0 spiro atoms. The molecule has 3 fully saturated rings. The summed E-state index contributed by atoms with van der Waals surface area (Å²) < 4.78 is 17.4. The lowest BCUT2D eigenvalue weighted by molar-refractivity contribution is 0.0347. The summed E-state index contributed by atoms with van der Waals surface area (Å²) in [5, 5.41) is 0. The fourth-order valence-electron chi connectivity index (χ4n) is 5.70. The van der Waals surface area contributed by atoms with Crippen molar-refractivity contribution in [3.8, 4) is 11.5 Å². The Hall–Kier alpha value is -1.04. The van der Waals surface area contributed by atoms with Gasteiger partial charge in [-0.05, 0) is 53.4 Å². The first kappa shape index (κ1) is 13.3. The van der Waals surface area contributed by atoms with Gasteiger partial charge in [0.15, 0.2) is 11.5 Å². The molecule has 1 aromatic rings. The van der Waals surface area contributed by atoms with Gasteiger partial charge in [-0.1, -0.05) is 28.1 Å². The van der Waals surface area contributed by atoms with Crippen LogP contribution in [-0.4, -0.2) is 29.9 Å². The summed E-state index contributed by atoms with van der Waals surface area (Å²) in [5.41, 5.74) is 8.99. The van der Waals surface area contributed by atoms with E-state index in [1.54, 1.807) is 0 Å². The van der Waals surface area contributed by atoms with Crippen molar-refractivity contribution in [2.75, 3.05) is 6.79 Å². The number of hydrogen-bond acceptors (Lipinski definition) is 4. The molecular weight excluding hydrogens is 358 g/mol. The van der Waals surface area contributed by atoms with Gasteiger partial charge in [-0.15, -0.1) is 0 Å². The van der Waals surface area contributed by atoms with E-state index in [1.165, 1.54) is 12.0 Å². The summed E-state index contributed by atoms with van der Waals surface area (Å²) in [6.07, 6.45) is 4.24. The van der Waals surface area contributed by atoms with Crippen LogP contribution in [0.2, 0.25) is 0 Å². The van der Waals surface area contributed by atoms with Crippen LogP contribution in [0.4, 0.5) is 0 Å². The van der Waals surface area contributed by atoms with Gasteiger partial charge in [-0.3, -0.25) is 0 Å². The van der Waals surface area contributed by atoms with Crippen molar-refractivity contribution in [1.29, 1.82) is 0 Å². The first-order chi connectivity index (χ1) is 11.2. The Morgan fingerprint density at radius 2 is 1.96 bits per heavy atom. The van der Waals surface area contributed by atoms with E-state index in [0.29, 0.717) is 41.4 Å². The molecule has 23 heavy (non-hydrogen) atoms. The van der Waals surface area contributed by atoms with E-state index in [2.05, 4.69) is 34.1 Å². The van der Waals surface area contributed by atoms with Gasteiger partial charge in [0.25, 0.3) is 0 Å². The molecule has 8 atom stereocenters. The van der Waals surface area contributed by atoms with E-state index in [4.69, 9.17) is 19.9 Å². The zero-order valence-electron chi connectivity index (χ0n) is 12.5. The third kappa shape index (κ3) is 1.54. The predicted octanol–water partition coefficient (Wildman–Crippen LogP) is 2.55. The molecule has 4 nitrogen and oxygen atoms in total. The molecule has 2 heterocycles. The minimum atomic E-state index is -0.0549. The third-order valence-electron chi connectivity index (χ3n) is 6.61.